The Labute approximate surface area is 103 Å². The summed E-state index contributed by atoms with van der Waals surface area (Å²) in [7, 11) is 1.34. The first-order chi connectivity index (χ1) is 7.83. The number of amides is 1. The van der Waals surface area contributed by atoms with Crippen LogP contribution in [0, 0.1) is 5.41 Å². The van der Waals surface area contributed by atoms with Crippen LogP contribution in [-0.4, -0.2) is 31.6 Å². The lowest BCUT2D eigenvalue weighted by molar-refractivity contribution is -0.150. The highest BCUT2D eigenvalue weighted by Crippen LogP contribution is 2.15. The molecular weight excluding hydrogens is 220 g/mol. The molecule has 0 aliphatic rings. The lowest BCUT2D eigenvalue weighted by atomic mass is 9.93. The Hall–Kier alpha value is -1.10. The average Bonchev–Trinajstić information content (AvgIpc) is 2.25. The first-order valence-corrected chi connectivity index (χ1v) is 5.94. The lowest BCUT2D eigenvalue weighted by Crippen LogP contribution is -2.41. The topological polar surface area (TPSA) is 81.4 Å². The van der Waals surface area contributed by atoms with E-state index in [1.54, 1.807) is 13.8 Å². The molecule has 0 aromatic rings. The Morgan fingerprint density at radius 2 is 2.00 bits per heavy atom. The van der Waals surface area contributed by atoms with Gasteiger partial charge >= 0.3 is 5.97 Å². The first-order valence-electron chi connectivity index (χ1n) is 5.94. The van der Waals surface area contributed by atoms with Gasteiger partial charge in [-0.2, -0.15) is 0 Å². The second kappa shape index (κ2) is 7.27. The number of hydrogen-bond donors (Lipinski definition) is 2. The highest BCUT2D eigenvalue weighted by atomic mass is 16.5. The van der Waals surface area contributed by atoms with Crippen molar-refractivity contribution >= 4 is 11.9 Å². The van der Waals surface area contributed by atoms with Crippen LogP contribution in [0.3, 0.4) is 0 Å². The van der Waals surface area contributed by atoms with Gasteiger partial charge in [-0.1, -0.05) is 13.3 Å². The predicted octanol–water partition coefficient (Wildman–Crippen LogP) is 0.819. The van der Waals surface area contributed by atoms with Crippen molar-refractivity contribution in [2.24, 2.45) is 11.1 Å². The molecule has 100 valence electrons. The number of hydrogen-bond acceptors (Lipinski definition) is 4. The molecule has 0 aromatic carbocycles. The van der Waals surface area contributed by atoms with E-state index >= 15 is 0 Å². The standard InChI is InChI=1S/C12H24N2O3/c1-5-6-9(13)7-10(15)14-8-12(2,3)11(16)17-4/h9H,5-8,13H2,1-4H3,(H,14,15). The van der Waals surface area contributed by atoms with Gasteiger partial charge in [0.2, 0.25) is 5.91 Å². The van der Waals surface area contributed by atoms with Gasteiger partial charge in [-0.3, -0.25) is 9.59 Å². The van der Waals surface area contributed by atoms with Crippen molar-refractivity contribution < 1.29 is 14.3 Å². The molecule has 0 aromatic heterocycles. The average molecular weight is 244 g/mol. The summed E-state index contributed by atoms with van der Waals surface area (Å²) >= 11 is 0. The summed E-state index contributed by atoms with van der Waals surface area (Å²) in [6.07, 6.45) is 2.08. The van der Waals surface area contributed by atoms with E-state index in [1.807, 2.05) is 6.92 Å². The summed E-state index contributed by atoms with van der Waals surface area (Å²) in [6, 6.07) is -0.110. The molecule has 0 saturated heterocycles. The monoisotopic (exact) mass is 244 g/mol. The van der Waals surface area contributed by atoms with Crippen LogP contribution in [0.5, 0.6) is 0 Å². The summed E-state index contributed by atoms with van der Waals surface area (Å²) in [5.74, 6) is -0.460. The minimum absolute atomic E-state index is 0.110. The highest BCUT2D eigenvalue weighted by Gasteiger charge is 2.29. The van der Waals surface area contributed by atoms with Crippen LogP contribution in [0.4, 0.5) is 0 Å². The number of carbonyl (C=O) groups is 2. The molecule has 0 heterocycles. The molecule has 1 unspecified atom stereocenters. The van der Waals surface area contributed by atoms with Crippen molar-refractivity contribution in [1.29, 1.82) is 0 Å². The molecule has 3 N–H and O–H groups in total. The zero-order valence-corrected chi connectivity index (χ0v) is 11.2. The van der Waals surface area contributed by atoms with E-state index in [4.69, 9.17) is 5.73 Å². The number of nitrogens with one attached hydrogen (secondary N) is 1. The fraction of sp³-hybridized carbons (Fsp3) is 0.833. The summed E-state index contributed by atoms with van der Waals surface area (Å²) in [4.78, 5) is 22.9. The van der Waals surface area contributed by atoms with Crippen LogP contribution in [0.25, 0.3) is 0 Å². The number of carbonyl (C=O) groups excluding carboxylic acids is 2. The van der Waals surface area contributed by atoms with Gasteiger partial charge in [-0.05, 0) is 20.3 Å². The van der Waals surface area contributed by atoms with Crippen LogP contribution >= 0.6 is 0 Å². The fourth-order valence-electron chi connectivity index (χ4n) is 1.45. The molecule has 5 nitrogen and oxygen atoms in total. The normalized spacial score (nSPS) is 13.0. The quantitative estimate of drug-likeness (QED) is 0.650. The zero-order valence-electron chi connectivity index (χ0n) is 11.2. The Kier molecular flexibility index (Phi) is 6.80. The summed E-state index contributed by atoms with van der Waals surface area (Å²) in [5, 5.41) is 2.71. The highest BCUT2D eigenvalue weighted by molar-refractivity contribution is 5.79. The third-order valence-corrected chi connectivity index (χ3v) is 2.57. The van der Waals surface area contributed by atoms with Gasteiger partial charge in [0.15, 0.2) is 0 Å². The smallest absolute Gasteiger partial charge is 0.313 e. The third-order valence-electron chi connectivity index (χ3n) is 2.57. The second-order valence-corrected chi connectivity index (χ2v) is 4.91. The van der Waals surface area contributed by atoms with E-state index in [1.165, 1.54) is 7.11 Å². The zero-order chi connectivity index (χ0) is 13.5. The maximum atomic E-state index is 11.5. The Morgan fingerprint density at radius 1 is 1.41 bits per heavy atom. The maximum Gasteiger partial charge on any atom is 0.313 e. The van der Waals surface area contributed by atoms with E-state index in [2.05, 4.69) is 10.1 Å². The fourth-order valence-corrected chi connectivity index (χ4v) is 1.45. The minimum atomic E-state index is -0.709. The Morgan fingerprint density at radius 3 is 2.47 bits per heavy atom. The predicted molar refractivity (Wildman–Crippen MR) is 66.3 cm³/mol. The largest absolute Gasteiger partial charge is 0.469 e. The van der Waals surface area contributed by atoms with Crippen LogP contribution in [0.2, 0.25) is 0 Å². The molecule has 0 radical (unpaired) electrons. The van der Waals surface area contributed by atoms with E-state index in [0.717, 1.165) is 12.8 Å². The summed E-state index contributed by atoms with van der Waals surface area (Å²) < 4.78 is 4.65. The summed E-state index contributed by atoms with van der Waals surface area (Å²) in [6.45, 7) is 5.74. The number of nitrogens with two attached hydrogens (primary N) is 1. The molecule has 0 rings (SSSR count). The number of ether oxygens (including phenoxy) is 1. The molecule has 0 bridgehead atoms. The molecule has 1 amide bonds. The van der Waals surface area contributed by atoms with E-state index in [0.29, 0.717) is 6.42 Å². The maximum absolute atomic E-state index is 11.5. The van der Waals surface area contributed by atoms with Gasteiger partial charge < -0.3 is 15.8 Å². The molecule has 1 atom stereocenters. The van der Waals surface area contributed by atoms with Gasteiger partial charge in [0, 0.05) is 19.0 Å². The number of esters is 1. The third kappa shape index (κ3) is 6.26. The SMILES string of the molecule is CCCC(N)CC(=O)NCC(C)(C)C(=O)OC. The van der Waals surface area contributed by atoms with Crippen LogP contribution in [0.1, 0.15) is 40.0 Å². The lowest BCUT2D eigenvalue weighted by Gasteiger charge is -2.22. The molecule has 0 fully saturated rings. The number of rotatable bonds is 7. The molecule has 0 aliphatic carbocycles. The first kappa shape index (κ1) is 15.9. The second-order valence-electron chi connectivity index (χ2n) is 4.91. The van der Waals surface area contributed by atoms with Crippen LogP contribution < -0.4 is 11.1 Å². The Bertz CT molecular complexity index is 264. The van der Waals surface area contributed by atoms with Gasteiger partial charge in [-0.15, -0.1) is 0 Å². The molecule has 5 heteroatoms. The van der Waals surface area contributed by atoms with Gasteiger partial charge in [-0.25, -0.2) is 0 Å². The van der Waals surface area contributed by atoms with Gasteiger partial charge in [0.25, 0.3) is 0 Å². The molecule has 0 saturated carbocycles. The van der Waals surface area contributed by atoms with E-state index < -0.39 is 5.41 Å². The van der Waals surface area contributed by atoms with Crippen LogP contribution in [0.15, 0.2) is 0 Å². The molecule has 0 aliphatic heterocycles. The van der Waals surface area contributed by atoms with Crippen molar-refractivity contribution in [2.45, 2.75) is 46.1 Å². The van der Waals surface area contributed by atoms with Crippen molar-refractivity contribution in [3.8, 4) is 0 Å². The van der Waals surface area contributed by atoms with E-state index in [-0.39, 0.29) is 24.5 Å². The van der Waals surface area contributed by atoms with Crippen molar-refractivity contribution in [3.63, 3.8) is 0 Å². The number of methoxy groups -OCH3 is 1. The van der Waals surface area contributed by atoms with Crippen molar-refractivity contribution in [2.75, 3.05) is 13.7 Å². The molecular formula is C12H24N2O3. The molecule has 0 spiro atoms. The molecule has 17 heavy (non-hydrogen) atoms. The Balaban J connectivity index is 4.03. The van der Waals surface area contributed by atoms with Crippen molar-refractivity contribution in [1.82, 2.24) is 5.32 Å². The van der Waals surface area contributed by atoms with Crippen LogP contribution in [-0.2, 0) is 14.3 Å². The van der Waals surface area contributed by atoms with E-state index in [9.17, 15) is 9.59 Å². The summed E-state index contributed by atoms with van der Waals surface area (Å²) in [5.41, 5.74) is 5.05. The van der Waals surface area contributed by atoms with Crippen molar-refractivity contribution in [3.05, 3.63) is 0 Å². The van der Waals surface area contributed by atoms with Gasteiger partial charge in [0.1, 0.15) is 0 Å². The van der Waals surface area contributed by atoms with Gasteiger partial charge in [0.05, 0.1) is 12.5 Å². The minimum Gasteiger partial charge on any atom is -0.469 e.